The quantitative estimate of drug-likeness (QED) is 0.271. The van der Waals surface area contributed by atoms with Crippen molar-refractivity contribution in [1.82, 2.24) is 4.98 Å². The molecule has 1 fully saturated rings. The first-order valence-electron chi connectivity index (χ1n) is 13.0. The van der Waals surface area contributed by atoms with Gasteiger partial charge in [0.2, 0.25) is 11.8 Å². The molecule has 0 bridgehead atoms. The SMILES string of the molecule is Cc1cccc(NC(=O)COc2ccc(C3c4sc(=O)[nH]c4SC4C(=O)N(c5cccc(C(F)(F)F)c5)C(=O)C43)cc2)c1. The van der Waals surface area contributed by atoms with Crippen molar-refractivity contribution in [2.75, 3.05) is 16.8 Å². The number of ether oxygens (including phenoxy) is 1. The van der Waals surface area contributed by atoms with Gasteiger partial charge in [-0.1, -0.05) is 53.4 Å². The number of hydrogen-bond donors (Lipinski definition) is 2. The Labute approximate surface area is 250 Å². The number of anilines is 2. The van der Waals surface area contributed by atoms with Crippen molar-refractivity contribution in [2.24, 2.45) is 5.92 Å². The highest BCUT2D eigenvalue weighted by atomic mass is 32.2. The van der Waals surface area contributed by atoms with Gasteiger partial charge in [-0.2, -0.15) is 13.2 Å². The lowest BCUT2D eigenvalue weighted by Gasteiger charge is -2.29. The zero-order valence-electron chi connectivity index (χ0n) is 22.3. The van der Waals surface area contributed by atoms with Gasteiger partial charge in [0.15, 0.2) is 6.61 Å². The Kier molecular flexibility index (Phi) is 7.38. The largest absolute Gasteiger partial charge is 0.484 e. The molecule has 6 rings (SSSR count). The van der Waals surface area contributed by atoms with E-state index in [1.54, 1.807) is 30.3 Å². The summed E-state index contributed by atoms with van der Waals surface area (Å²) in [6.07, 6.45) is -4.65. The molecule has 2 aliphatic rings. The minimum atomic E-state index is -4.65. The predicted molar refractivity (Wildman–Crippen MR) is 156 cm³/mol. The first kappa shape index (κ1) is 28.7. The number of halogens is 3. The number of hydrogen-bond acceptors (Lipinski definition) is 7. The van der Waals surface area contributed by atoms with E-state index in [4.69, 9.17) is 4.74 Å². The van der Waals surface area contributed by atoms with Crippen LogP contribution in [0.25, 0.3) is 0 Å². The molecule has 8 nitrogen and oxygen atoms in total. The number of thioether (sulfide) groups is 1. The fraction of sp³-hybridized carbons (Fsp3) is 0.200. The van der Waals surface area contributed by atoms with E-state index in [1.165, 1.54) is 6.07 Å². The summed E-state index contributed by atoms with van der Waals surface area (Å²) in [6, 6.07) is 18.0. The average molecular weight is 626 g/mol. The van der Waals surface area contributed by atoms with Crippen LogP contribution in [-0.2, 0) is 20.6 Å². The summed E-state index contributed by atoms with van der Waals surface area (Å²) in [4.78, 5) is 55.7. The predicted octanol–water partition coefficient (Wildman–Crippen LogP) is 5.58. The highest BCUT2D eigenvalue weighted by Gasteiger charge is 2.56. The topological polar surface area (TPSA) is 109 Å². The minimum Gasteiger partial charge on any atom is -0.484 e. The zero-order chi connectivity index (χ0) is 30.5. The van der Waals surface area contributed by atoms with Crippen LogP contribution >= 0.6 is 23.1 Å². The first-order chi connectivity index (χ1) is 20.5. The lowest BCUT2D eigenvalue weighted by atomic mass is 9.83. The molecule has 1 saturated heterocycles. The number of fused-ring (bicyclic) bond motifs is 2. The standard InChI is InChI=1S/C30H22F3N3O5S2/c1-15-4-2-6-18(12-15)34-21(37)14-41-20-10-8-16(9-11-20)22-23-25(42-26-24(22)43-29(40)35-26)28(39)36(27(23)38)19-7-3-5-17(13-19)30(31,32)33/h2-13,22-23,25H,14H2,1H3,(H,34,37)(H,35,40). The molecule has 0 saturated carbocycles. The van der Waals surface area contributed by atoms with Crippen LogP contribution in [0.5, 0.6) is 5.75 Å². The van der Waals surface area contributed by atoms with E-state index in [-0.39, 0.29) is 23.1 Å². The number of aryl methyl sites for hydroxylation is 1. The fourth-order valence-electron chi connectivity index (χ4n) is 5.29. The Balaban J connectivity index is 1.26. The normalized spacial score (nSPS) is 19.6. The van der Waals surface area contributed by atoms with Crippen LogP contribution in [0.2, 0.25) is 0 Å². The van der Waals surface area contributed by atoms with Crippen LogP contribution < -0.4 is 19.8 Å². The van der Waals surface area contributed by atoms with Gasteiger partial charge in [-0.05, 0) is 60.5 Å². The van der Waals surface area contributed by atoms with Crippen LogP contribution in [-0.4, -0.2) is 34.6 Å². The van der Waals surface area contributed by atoms with E-state index in [1.807, 2.05) is 25.1 Å². The average Bonchev–Trinajstić information content (AvgIpc) is 3.46. The first-order valence-corrected chi connectivity index (χ1v) is 14.7. The van der Waals surface area contributed by atoms with Gasteiger partial charge in [0, 0.05) is 16.5 Å². The molecule has 3 atom stereocenters. The Morgan fingerprint density at radius 1 is 1.00 bits per heavy atom. The minimum absolute atomic E-state index is 0.164. The van der Waals surface area contributed by atoms with E-state index in [2.05, 4.69) is 10.3 Å². The van der Waals surface area contributed by atoms with E-state index in [0.717, 1.165) is 51.8 Å². The number of rotatable bonds is 6. The molecule has 3 amide bonds. The molecule has 3 unspecified atom stereocenters. The number of nitrogens with zero attached hydrogens (tertiary/aromatic N) is 1. The van der Waals surface area contributed by atoms with Crippen LogP contribution in [0.1, 0.15) is 27.5 Å². The zero-order valence-corrected chi connectivity index (χ0v) is 23.9. The molecule has 1 aromatic heterocycles. The maximum Gasteiger partial charge on any atom is 0.416 e. The Morgan fingerprint density at radius 3 is 2.47 bits per heavy atom. The van der Waals surface area contributed by atoms with Crippen LogP contribution in [0.3, 0.4) is 0 Å². The highest BCUT2D eigenvalue weighted by molar-refractivity contribution is 8.00. The number of amides is 3. The maximum atomic E-state index is 13.8. The lowest BCUT2D eigenvalue weighted by Crippen LogP contribution is -2.32. The lowest BCUT2D eigenvalue weighted by molar-refractivity contribution is -0.137. The Morgan fingerprint density at radius 2 is 1.74 bits per heavy atom. The smallest absolute Gasteiger partial charge is 0.416 e. The number of H-pyrrole nitrogens is 1. The maximum absolute atomic E-state index is 13.8. The van der Waals surface area contributed by atoms with Crippen molar-refractivity contribution in [3.63, 3.8) is 0 Å². The number of benzene rings is 3. The van der Waals surface area contributed by atoms with Crippen LogP contribution in [0.15, 0.2) is 82.6 Å². The number of nitrogens with one attached hydrogen (secondary N) is 2. The number of thiazole rings is 1. The molecule has 3 heterocycles. The van der Waals surface area contributed by atoms with Gasteiger partial charge >= 0.3 is 11.0 Å². The molecule has 0 radical (unpaired) electrons. The van der Waals surface area contributed by atoms with Crippen molar-refractivity contribution in [1.29, 1.82) is 0 Å². The number of imide groups is 1. The third kappa shape index (κ3) is 5.57. The van der Waals surface area contributed by atoms with Gasteiger partial charge in [-0.25, -0.2) is 4.90 Å². The van der Waals surface area contributed by atoms with Gasteiger partial charge < -0.3 is 15.0 Å². The van der Waals surface area contributed by atoms with E-state index in [0.29, 0.717) is 26.9 Å². The molecule has 13 heteroatoms. The Bertz CT molecular complexity index is 1800. The summed E-state index contributed by atoms with van der Waals surface area (Å²) in [5.74, 6) is -2.94. The molecule has 43 heavy (non-hydrogen) atoms. The number of aromatic amines is 1. The number of alkyl halides is 3. The fourth-order valence-corrected chi connectivity index (χ4v) is 7.81. The molecule has 4 aromatic rings. The van der Waals surface area contributed by atoms with Crippen molar-refractivity contribution in [2.45, 2.75) is 29.3 Å². The van der Waals surface area contributed by atoms with Gasteiger partial charge in [0.1, 0.15) is 11.0 Å². The molecular formula is C30H22F3N3O5S2. The third-order valence-electron chi connectivity index (χ3n) is 7.17. The van der Waals surface area contributed by atoms with E-state index < -0.39 is 40.6 Å². The second kappa shape index (κ2) is 11.0. The van der Waals surface area contributed by atoms with Crippen LogP contribution in [0, 0.1) is 12.8 Å². The summed E-state index contributed by atoms with van der Waals surface area (Å²) in [7, 11) is 0. The molecule has 220 valence electrons. The molecule has 2 aliphatic heterocycles. The van der Waals surface area contributed by atoms with E-state index in [9.17, 15) is 32.3 Å². The van der Waals surface area contributed by atoms with Crippen molar-refractivity contribution in [3.05, 3.63) is 104 Å². The molecule has 0 spiro atoms. The summed E-state index contributed by atoms with van der Waals surface area (Å²) < 4.78 is 45.8. The molecule has 2 N–H and O–H groups in total. The number of aromatic nitrogens is 1. The van der Waals surface area contributed by atoms with Gasteiger partial charge in [-0.3, -0.25) is 19.2 Å². The monoisotopic (exact) mass is 625 g/mol. The van der Waals surface area contributed by atoms with Crippen molar-refractivity contribution in [3.8, 4) is 5.75 Å². The van der Waals surface area contributed by atoms with Crippen molar-refractivity contribution >= 4 is 52.2 Å². The van der Waals surface area contributed by atoms with Gasteiger partial charge in [0.25, 0.3) is 5.91 Å². The number of carbonyl (C=O) groups is 3. The molecule has 3 aromatic carbocycles. The van der Waals surface area contributed by atoms with Gasteiger partial charge in [-0.15, -0.1) is 0 Å². The van der Waals surface area contributed by atoms with Crippen molar-refractivity contribution < 1.29 is 32.3 Å². The summed E-state index contributed by atoms with van der Waals surface area (Å²) in [5, 5.41) is 2.25. The summed E-state index contributed by atoms with van der Waals surface area (Å²) >= 11 is 1.96. The Hall–Kier alpha value is -4.36. The summed E-state index contributed by atoms with van der Waals surface area (Å²) in [5.41, 5.74) is 1.10. The van der Waals surface area contributed by atoms with Crippen LogP contribution in [0.4, 0.5) is 24.5 Å². The third-order valence-corrected chi connectivity index (χ3v) is 9.57. The second-order valence-electron chi connectivity index (χ2n) is 10.1. The second-order valence-corrected chi connectivity index (χ2v) is 12.3. The number of carbonyl (C=O) groups excluding carboxylic acids is 3. The van der Waals surface area contributed by atoms with Gasteiger partial charge in [0.05, 0.1) is 22.2 Å². The molecular weight excluding hydrogens is 603 g/mol. The molecule has 0 aliphatic carbocycles. The van der Waals surface area contributed by atoms with E-state index >= 15 is 0 Å². The summed E-state index contributed by atoms with van der Waals surface area (Å²) in [6.45, 7) is 1.66. The highest BCUT2D eigenvalue weighted by Crippen LogP contribution is 2.53.